The van der Waals surface area contributed by atoms with Crippen LogP contribution in [0.4, 0.5) is 0 Å². The molecule has 1 rings (SSSR count). The summed E-state index contributed by atoms with van der Waals surface area (Å²) >= 11 is 0. The summed E-state index contributed by atoms with van der Waals surface area (Å²) in [6.07, 6.45) is 0.833. The molecule has 0 fully saturated rings. The zero-order valence-electron chi connectivity index (χ0n) is 5.40. The minimum Gasteiger partial charge on any atom is -0.298 e. The van der Waals surface area contributed by atoms with Crippen LogP contribution < -0.4 is 0 Å². The molecule has 10 heavy (non-hydrogen) atoms. The van der Waals surface area contributed by atoms with Gasteiger partial charge in [0.05, 0.1) is 0 Å². The molecule has 1 aromatic carbocycles. The maximum Gasteiger partial charge on any atom is 0.150 e. The summed E-state index contributed by atoms with van der Waals surface area (Å²) in [5, 5.41) is 6.50. The van der Waals surface area contributed by atoms with E-state index in [4.69, 9.17) is 5.26 Å². The number of rotatable bonds is 1. The third-order valence-corrected chi connectivity index (χ3v) is 0.936. The summed E-state index contributed by atoms with van der Waals surface area (Å²) in [6.45, 7) is 3.50. The van der Waals surface area contributed by atoms with Gasteiger partial charge in [-0.25, -0.2) is 5.26 Å². The van der Waals surface area contributed by atoms with Gasteiger partial charge in [-0.2, -0.15) is 0 Å². The van der Waals surface area contributed by atoms with Crippen molar-refractivity contribution in [2.75, 3.05) is 0 Å². The van der Waals surface area contributed by atoms with Crippen LogP contribution in [0.3, 0.4) is 0 Å². The lowest BCUT2D eigenvalue weighted by Gasteiger charge is -1.81. The lowest BCUT2D eigenvalue weighted by atomic mass is 10.2. The molecule has 0 bridgehead atoms. The SMILES string of the molecule is C#N.O=Cc1ccccc1. The van der Waals surface area contributed by atoms with Crippen molar-refractivity contribution in [2.24, 2.45) is 0 Å². The summed E-state index contributed by atoms with van der Waals surface area (Å²) in [5.41, 5.74) is 0.729. The average Bonchev–Trinajstić information content (AvgIpc) is 2.10. The Morgan fingerprint density at radius 1 is 1.20 bits per heavy atom. The Bertz CT molecular complexity index is 203. The second kappa shape index (κ2) is 5.52. The molecule has 0 saturated carbocycles. The van der Waals surface area contributed by atoms with Crippen LogP contribution in [-0.4, -0.2) is 6.29 Å². The molecule has 0 heterocycles. The van der Waals surface area contributed by atoms with Crippen molar-refractivity contribution in [3.8, 4) is 6.57 Å². The highest BCUT2D eigenvalue weighted by molar-refractivity contribution is 5.74. The van der Waals surface area contributed by atoms with Crippen LogP contribution in [0, 0.1) is 11.8 Å². The number of nitrogens with zero attached hydrogens (tertiary/aromatic N) is 1. The van der Waals surface area contributed by atoms with Crippen molar-refractivity contribution >= 4 is 6.29 Å². The zero-order valence-corrected chi connectivity index (χ0v) is 5.40. The van der Waals surface area contributed by atoms with E-state index in [0.29, 0.717) is 0 Å². The first-order chi connectivity index (χ1) is 4.93. The van der Waals surface area contributed by atoms with Crippen molar-refractivity contribution in [1.29, 1.82) is 5.26 Å². The van der Waals surface area contributed by atoms with Crippen LogP contribution >= 0.6 is 0 Å². The third-order valence-electron chi connectivity index (χ3n) is 0.936. The monoisotopic (exact) mass is 133 g/mol. The minimum absolute atomic E-state index is 0.729. The molecular formula is C8H7NO. The highest BCUT2D eigenvalue weighted by Crippen LogP contribution is 1.91. The Morgan fingerprint density at radius 2 is 1.70 bits per heavy atom. The van der Waals surface area contributed by atoms with Crippen LogP contribution in [-0.2, 0) is 0 Å². The van der Waals surface area contributed by atoms with Gasteiger partial charge in [0.15, 0.2) is 0 Å². The molecule has 2 nitrogen and oxygen atoms in total. The van der Waals surface area contributed by atoms with E-state index < -0.39 is 0 Å². The lowest BCUT2D eigenvalue weighted by molar-refractivity contribution is 0.112. The van der Waals surface area contributed by atoms with Gasteiger partial charge < -0.3 is 0 Å². The first-order valence-corrected chi connectivity index (χ1v) is 2.69. The van der Waals surface area contributed by atoms with Gasteiger partial charge in [0.25, 0.3) is 0 Å². The van der Waals surface area contributed by atoms with Gasteiger partial charge in [0.1, 0.15) is 6.29 Å². The molecule has 1 aromatic rings. The van der Waals surface area contributed by atoms with E-state index in [-0.39, 0.29) is 0 Å². The molecule has 0 aliphatic carbocycles. The summed E-state index contributed by atoms with van der Waals surface area (Å²) in [5.74, 6) is 0. The number of hydrogen-bond donors (Lipinski definition) is 0. The van der Waals surface area contributed by atoms with Crippen molar-refractivity contribution < 1.29 is 4.79 Å². The summed E-state index contributed by atoms with van der Waals surface area (Å²) in [4.78, 5) is 10.0. The lowest BCUT2D eigenvalue weighted by Crippen LogP contribution is -1.73. The van der Waals surface area contributed by atoms with Gasteiger partial charge in [0, 0.05) is 12.1 Å². The van der Waals surface area contributed by atoms with Crippen LogP contribution in [0.15, 0.2) is 30.3 Å². The maximum absolute atomic E-state index is 10.0. The second-order valence-electron chi connectivity index (χ2n) is 1.53. The molecule has 0 aliphatic heterocycles. The van der Waals surface area contributed by atoms with E-state index in [0.717, 1.165) is 11.8 Å². The molecule has 0 radical (unpaired) electrons. The fraction of sp³-hybridized carbons (Fsp3) is 0. The summed E-state index contributed by atoms with van der Waals surface area (Å²) in [6, 6.07) is 9.10. The third kappa shape index (κ3) is 2.63. The predicted molar refractivity (Wildman–Crippen MR) is 38.5 cm³/mol. The predicted octanol–water partition coefficient (Wildman–Crippen LogP) is 1.64. The van der Waals surface area contributed by atoms with Gasteiger partial charge in [-0.1, -0.05) is 30.3 Å². The molecule has 0 N–H and O–H groups in total. The van der Waals surface area contributed by atoms with Gasteiger partial charge >= 0.3 is 0 Å². The molecule has 2 heteroatoms. The number of aldehydes is 1. The highest BCUT2D eigenvalue weighted by Gasteiger charge is 1.79. The molecule has 0 aromatic heterocycles. The van der Waals surface area contributed by atoms with E-state index >= 15 is 0 Å². The standard InChI is InChI=1S/C7H6O.CHN/c8-6-7-4-2-1-3-5-7;1-2/h1-6H;1H. The fourth-order valence-corrected chi connectivity index (χ4v) is 0.532. The Labute approximate surface area is 59.7 Å². The van der Waals surface area contributed by atoms with Crippen molar-refractivity contribution in [3.63, 3.8) is 0 Å². The number of carbonyl (C=O) groups excluding carboxylic acids is 1. The van der Waals surface area contributed by atoms with Crippen LogP contribution in [0.25, 0.3) is 0 Å². The van der Waals surface area contributed by atoms with Crippen molar-refractivity contribution in [3.05, 3.63) is 35.9 Å². The Balaban J connectivity index is 0.000000371. The highest BCUT2D eigenvalue weighted by atomic mass is 16.1. The van der Waals surface area contributed by atoms with Crippen molar-refractivity contribution in [2.45, 2.75) is 0 Å². The quantitative estimate of drug-likeness (QED) is 0.546. The molecule has 0 aliphatic rings. The molecular weight excluding hydrogens is 126 g/mol. The van der Waals surface area contributed by atoms with Gasteiger partial charge in [0.2, 0.25) is 0 Å². The fourth-order valence-electron chi connectivity index (χ4n) is 0.532. The van der Waals surface area contributed by atoms with E-state index in [1.807, 2.05) is 18.2 Å². The van der Waals surface area contributed by atoms with Crippen molar-refractivity contribution in [1.82, 2.24) is 0 Å². The molecule has 50 valence electrons. The first-order valence-electron chi connectivity index (χ1n) is 2.69. The molecule has 0 unspecified atom stereocenters. The topological polar surface area (TPSA) is 40.9 Å². The molecule has 0 amide bonds. The average molecular weight is 133 g/mol. The minimum atomic E-state index is 0.729. The van der Waals surface area contributed by atoms with E-state index in [2.05, 4.69) is 6.57 Å². The Morgan fingerprint density at radius 3 is 2.00 bits per heavy atom. The molecule has 0 atom stereocenters. The summed E-state index contributed by atoms with van der Waals surface area (Å²) < 4.78 is 0. The Hall–Kier alpha value is -1.62. The van der Waals surface area contributed by atoms with E-state index in [1.165, 1.54) is 0 Å². The normalized spacial score (nSPS) is 7.00. The van der Waals surface area contributed by atoms with Crippen LogP contribution in [0.1, 0.15) is 10.4 Å². The maximum atomic E-state index is 10.0. The Kier molecular flexibility index (Phi) is 4.62. The number of benzene rings is 1. The number of carbonyl (C=O) groups is 1. The summed E-state index contributed by atoms with van der Waals surface area (Å²) in [7, 11) is 0. The molecule has 0 spiro atoms. The molecule has 0 saturated heterocycles. The largest absolute Gasteiger partial charge is 0.298 e. The zero-order chi connectivity index (χ0) is 7.82. The number of hydrogen-bond acceptors (Lipinski definition) is 2. The number of nitriles is 1. The van der Waals surface area contributed by atoms with E-state index in [9.17, 15) is 4.79 Å². The van der Waals surface area contributed by atoms with Gasteiger partial charge in [-0.3, -0.25) is 4.79 Å². The second-order valence-corrected chi connectivity index (χ2v) is 1.53. The van der Waals surface area contributed by atoms with Gasteiger partial charge in [-0.15, -0.1) is 0 Å². The van der Waals surface area contributed by atoms with E-state index in [1.54, 1.807) is 12.1 Å². The smallest absolute Gasteiger partial charge is 0.150 e. The van der Waals surface area contributed by atoms with Crippen LogP contribution in [0.5, 0.6) is 0 Å². The van der Waals surface area contributed by atoms with Crippen LogP contribution in [0.2, 0.25) is 0 Å². The van der Waals surface area contributed by atoms with Gasteiger partial charge in [-0.05, 0) is 0 Å². The first kappa shape index (κ1) is 8.38.